The van der Waals surface area contributed by atoms with E-state index in [9.17, 15) is 8.68 Å². The predicted molar refractivity (Wildman–Crippen MR) is 50.5 cm³/mol. The van der Waals surface area contributed by atoms with E-state index >= 15 is 0 Å². The van der Waals surface area contributed by atoms with Crippen LogP contribution in [0.2, 0.25) is 0 Å². The van der Waals surface area contributed by atoms with Crippen LogP contribution in [0.5, 0.6) is 0 Å². The monoisotopic (exact) mass is 216 g/mol. The molecule has 0 bridgehead atoms. The predicted octanol–water partition coefficient (Wildman–Crippen LogP) is 1.01. The quantitative estimate of drug-likeness (QED) is 0.785. The molecule has 0 aromatic carbocycles. The number of aliphatic carboxylic acids is 1. The summed E-state index contributed by atoms with van der Waals surface area (Å²) in [6.07, 6.45) is 1.62. The Bertz CT molecular complexity index is 318. The Hall–Kier alpha value is -1.14. The molecule has 14 heavy (non-hydrogen) atoms. The summed E-state index contributed by atoms with van der Waals surface area (Å²) < 4.78 is 12.0. The van der Waals surface area contributed by atoms with Gasteiger partial charge in [-0.15, -0.1) is 0 Å². The second-order valence-electron chi connectivity index (χ2n) is 2.73. The molecule has 0 aliphatic heterocycles. The third-order valence-corrected chi connectivity index (χ3v) is 2.05. The molecular weight excluding hydrogens is 207 g/mol. The number of hydrogen-bond donors (Lipinski definition) is 2. The first-order chi connectivity index (χ1) is 6.63. The minimum Gasteiger partial charge on any atom is -0.480 e. The molecule has 0 amide bonds. The van der Waals surface area contributed by atoms with Gasteiger partial charge in [0, 0.05) is 6.20 Å². The van der Waals surface area contributed by atoms with Crippen LogP contribution >= 0.6 is 12.1 Å². The minimum atomic E-state index is -1.06. The lowest BCUT2D eigenvalue weighted by Crippen LogP contribution is -2.32. The molecule has 0 saturated carbocycles. The third kappa shape index (κ3) is 2.97. The number of hydrogen-bond acceptors (Lipinski definition) is 4. The molecule has 3 N–H and O–H groups in total. The summed E-state index contributed by atoms with van der Waals surface area (Å²) in [4.78, 5) is 14.2. The first-order valence-electron chi connectivity index (χ1n) is 3.85. The minimum absolute atomic E-state index is 0.0440. The van der Waals surface area contributed by atoms with Crippen molar-refractivity contribution in [3.63, 3.8) is 0 Å². The molecular formula is C8H9FN2O2S. The molecule has 6 heteroatoms. The van der Waals surface area contributed by atoms with Gasteiger partial charge in [-0.1, -0.05) is 6.07 Å². The topological polar surface area (TPSA) is 76.2 Å². The Morgan fingerprint density at radius 1 is 1.71 bits per heavy atom. The number of rotatable bonds is 4. The Labute approximate surface area is 84.6 Å². The number of halogens is 1. The summed E-state index contributed by atoms with van der Waals surface area (Å²) in [6.45, 7) is 0. The van der Waals surface area contributed by atoms with E-state index in [0.717, 1.165) is 0 Å². The van der Waals surface area contributed by atoms with Crippen LogP contribution < -0.4 is 5.73 Å². The number of carboxylic acid groups (broad SMARTS) is 1. The van der Waals surface area contributed by atoms with Gasteiger partial charge in [-0.25, -0.2) is 4.98 Å². The lowest BCUT2D eigenvalue weighted by Gasteiger charge is -2.05. The van der Waals surface area contributed by atoms with Crippen molar-refractivity contribution in [1.82, 2.24) is 4.98 Å². The van der Waals surface area contributed by atoms with Gasteiger partial charge in [0.2, 0.25) is 0 Å². The highest BCUT2D eigenvalue weighted by molar-refractivity contribution is 7.94. The van der Waals surface area contributed by atoms with Crippen molar-refractivity contribution in [2.45, 2.75) is 17.5 Å². The highest BCUT2D eigenvalue weighted by atomic mass is 32.2. The standard InChI is InChI=1S/C8H9FN2O2S/c9-14-7-2-1-5(4-11-7)3-6(10)8(12)13/h1-2,4,6H,3,10H2,(H,12,13). The summed E-state index contributed by atoms with van der Waals surface area (Å²) in [5.74, 6) is -1.06. The van der Waals surface area contributed by atoms with Crippen LogP contribution in [-0.2, 0) is 11.2 Å². The maximum absolute atomic E-state index is 12.0. The van der Waals surface area contributed by atoms with Gasteiger partial charge in [-0.05, 0) is 18.1 Å². The zero-order valence-electron chi connectivity index (χ0n) is 7.18. The van der Waals surface area contributed by atoms with Crippen molar-refractivity contribution < 1.29 is 13.8 Å². The average Bonchev–Trinajstić information content (AvgIpc) is 2.19. The normalized spacial score (nSPS) is 12.4. The molecule has 4 nitrogen and oxygen atoms in total. The van der Waals surface area contributed by atoms with E-state index in [1.807, 2.05) is 0 Å². The zero-order valence-corrected chi connectivity index (χ0v) is 8.00. The first kappa shape index (κ1) is 10.9. The van der Waals surface area contributed by atoms with Crippen molar-refractivity contribution in [2.75, 3.05) is 0 Å². The van der Waals surface area contributed by atoms with Crippen LogP contribution in [-0.4, -0.2) is 22.1 Å². The van der Waals surface area contributed by atoms with E-state index in [2.05, 4.69) is 4.98 Å². The molecule has 1 rings (SSSR count). The average molecular weight is 216 g/mol. The summed E-state index contributed by atoms with van der Waals surface area (Å²) in [5, 5.41) is 8.78. The molecule has 0 saturated heterocycles. The van der Waals surface area contributed by atoms with Crippen molar-refractivity contribution in [1.29, 1.82) is 0 Å². The lowest BCUT2D eigenvalue weighted by molar-refractivity contribution is -0.138. The molecule has 0 aliphatic rings. The fraction of sp³-hybridized carbons (Fsp3) is 0.250. The van der Waals surface area contributed by atoms with Gasteiger partial charge in [0.05, 0.1) is 0 Å². The molecule has 1 atom stereocenters. The molecule has 1 unspecified atom stereocenters. The van der Waals surface area contributed by atoms with Crippen molar-refractivity contribution in [3.05, 3.63) is 23.9 Å². The van der Waals surface area contributed by atoms with Gasteiger partial charge >= 0.3 is 5.97 Å². The van der Waals surface area contributed by atoms with E-state index in [1.54, 1.807) is 6.07 Å². The van der Waals surface area contributed by atoms with Gasteiger partial charge in [0.1, 0.15) is 23.2 Å². The van der Waals surface area contributed by atoms with Gasteiger partial charge < -0.3 is 10.8 Å². The van der Waals surface area contributed by atoms with Gasteiger partial charge in [-0.3, -0.25) is 4.79 Å². The number of pyridine rings is 1. The maximum atomic E-state index is 12.0. The zero-order chi connectivity index (χ0) is 10.6. The van der Waals surface area contributed by atoms with Gasteiger partial charge in [-0.2, -0.15) is 3.89 Å². The fourth-order valence-electron chi connectivity index (χ4n) is 0.919. The second-order valence-corrected chi connectivity index (χ2v) is 3.30. The molecule has 0 spiro atoms. The molecule has 0 fully saturated rings. The Morgan fingerprint density at radius 3 is 2.86 bits per heavy atom. The fourth-order valence-corrected chi connectivity index (χ4v) is 1.13. The third-order valence-electron chi connectivity index (χ3n) is 1.65. The molecule has 76 valence electrons. The summed E-state index contributed by atoms with van der Waals surface area (Å²) in [7, 11) is 0. The maximum Gasteiger partial charge on any atom is 0.320 e. The molecule has 1 aromatic rings. The van der Waals surface area contributed by atoms with Crippen LogP contribution in [0, 0.1) is 0 Å². The summed E-state index contributed by atoms with van der Waals surface area (Å²) in [5.41, 5.74) is 5.99. The number of carboxylic acids is 1. The van der Waals surface area contributed by atoms with Gasteiger partial charge in [0.25, 0.3) is 0 Å². The van der Waals surface area contributed by atoms with E-state index in [-0.39, 0.29) is 23.6 Å². The highest BCUT2D eigenvalue weighted by Crippen LogP contribution is 2.15. The van der Waals surface area contributed by atoms with Crippen molar-refractivity contribution in [3.8, 4) is 0 Å². The lowest BCUT2D eigenvalue weighted by atomic mass is 10.1. The van der Waals surface area contributed by atoms with E-state index in [4.69, 9.17) is 10.8 Å². The van der Waals surface area contributed by atoms with Gasteiger partial charge in [0.15, 0.2) is 0 Å². The molecule has 0 radical (unpaired) electrons. The van der Waals surface area contributed by atoms with Crippen molar-refractivity contribution in [2.24, 2.45) is 5.73 Å². The Kier molecular flexibility index (Phi) is 3.84. The summed E-state index contributed by atoms with van der Waals surface area (Å²) >= 11 is 0.0440. The highest BCUT2D eigenvalue weighted by Gasteiger charge is 2.11. The number of carbonyl (C=O) groups is 1. The second kappa shape index (κ2) is 4.92. The molecule has 1 aromatic heterocycles. The first-order valence-corrected chi connectivity index (χ1v) is 4.57. The number of nitrogens with zero attached hydrogens (tertiary/aromatic N) is 1. The van der Waals surface area contributed by atoms with Crippen LogP contribution in [0.1, 0.15) is 5.56 Å². The number of nitrogens with two attached hydrogens (primary N) is 1. The Morgan fingerprint density at radius 2 is 2.43 bits per heavy atom. The molecule has 1 heterocycles. The van der Waals surface area contributed by atoms with E-state index in [0.29, 0.717) is 5.56 Å². The molecule has 0 aliphatic carbocycles. The SMILES string of the molecule is NC(Cc1ccc(SF)nc1)C(=O)O. The Balaban J connectivity index is 2.64. The van der Waals surface area contributed by atoms with E-state index in [1.165, 1.54) is 12.3 Å². The van der Waals surface area contributed by atoms with E-state index < -0.39 is 12.0 Å². The number of aromatic nitrogens is 1. The van der Waals surface area contributed by atoms with Crippen LogP contribution in [0.3, 0.4) is 0 Å². The van der Waals surface area contributed by atoms with Crippen molar-refractivity contribution >= 4 is 18.1 Å². The largest absolute Gasteiger partial charge is 0.480 e. The smallest absolute Gasteiger partial charge is 0.320 e. The van der Waals surface area contributed by atoms with Crippen LogP contribution in [0.4, 0.5) is 3.89 Å². The van der Waals surface area contributed by atoms with Crippen LogP contribution in [0.15, 0.2) is 23.4 Å². The summed E-state index contributed by atoms with van der Waals surface area (Å²) in [6, 6.07) is 2.15. The van der Waals surface area contributed by atoms with Crippen LogP contribution in [0.25, 0.3) is 0 Å².